The molecule has 8 nitrogen and oxygen atoms in total. The molecule has 24 heavy (non-hydrogen) atoms. The number of nitrogens with one attached hydrogen (secondary N) is 2. The lowest BCUT2D eigenvalue weighted by Crippen LogP contribution is -2.27. The first-order valence-corrected chi connectivity index (χ1v) is 8.27. The highest BCUT2D eigenvalue weighted by atomic mass is 32.2. The van der Waals surface area contributed by atoms with Gasteiger partial charge in [-0.2, -0.15) is 0 Å². The van der Waals surface area contributed by atoms with Crippen molar-refractivity contribution in [2.45, 2.75) is 4.90 Å². The maximum atomic E-state index is 12.6. The Morgan fingerprint density at radius 3 is 2.67 bits per heavy atom. The SMILES string of the molecule is O=C1COc2cccc(S(=O)(=O)Nc3ccccc3C(=O)O)c2N1. The van der Waals surface area contributed by atoms with Crippen LogP contribution >= 0.6 is 0 Å². The Kier molecular flexibility index (Phi) is 3.86. The number of carbonyl (C=O) groups excluding carboxylic acids is 1. The first-order valence-electron chi connectivity index (χ1n) is 6.79. The molecule has 0 saturated heterocycles. The van der Waals surface area contributed by atoms with E-state index in [0.717, 1.165) is 0 Å². The molecule has 9 heteroatoms. The molecule has 1 aliphatic heterocycles. The summed E-state index contributed by atoms with van der Waals surface area (Å²) in [4.78, 5) is 22.5. The van der Waals surface area contributed by atoms with E-state index in [1.807, 2.05) is 0 Å². The Morgan fingerprint density at radius 1 is 1.17 bits per heavy atom. The summed E-state index contributed by atoms with van der Waals surface area (Å²) in [7, 11) is -4.14. The summed E-state index contributed by atoms with van der Waals surface area (Å²) >= 11 is 0. The van der Waals surface area contributed by atoms with Gasteiger partial charge in [0.05, 0.1) is 11.3 Å². The van der Waals surface area contributed by atoms with Crippen molar-refractivity contribution in [1.82, 2.24) is 0 Å². The van der Waals surface area contributed by atoms with Crippen molar-refractivity contribution in [3.63, 3.8) is 0 Å². The summed E-state index contributed by atoms with van der Waals surface area (Å²) < 4.78 is 32.7. The summed E-state index contributed by atoms with van der Waals surface area (Å²) in [5.74, 6) is -1.51. The highest BCUT2D eigenvalue weighted by molar-refractivity contribution is 7.93. The molecule has 124 valence electrons. The third kappa shape index (κ3) is 2.88. The number of hydrogen-bond acceptors (Lipinski definition) is 5. The lowest BCUT2D eigenvalue weighted by molar-refractivity contribution is -0.118. The van der Waals surface area contributed by atoms with Gasteiger partial charge < -0.3 is 15.2 Å². The monoisotopic (exact) mass is 348 g/mol. The van der Waals surface area contributed by atoms with Crippen LogP contribution in [0.15, 0.2) is 47.4 Å². The molecule has 0 spiro atoms. The molecule has 0 aromatic heterocycles. The van der Waals surface area contributed by atoms with Crippen molar-refractivity contribution in [3.05, 3.63) is 48.0 Å². The minimum Gasteiger partial charge on any atom is -0.482 e. The minimum atomic E-state index is -4.14. The van der Waals surface area contributed by atoms with Crippen LogP contribution in [0.5, 0.6) is 5.75 Å². The zero-order valence-electron chi connectivity index (χ0n) is 12.1. The molecule has 0 saturated carbocycles. The molecule has 0 fully saturated rings. The number of sulfonamides is 1. The molecule has 0 bridgehead atoms. The molecule has 0 radical (unpaired) electrons. The van der Waals surface area contributed by atoms with E-state index in [2.05, 4.69) is 10.0 Å². The Hall–Kier alpha value is -3.07. The first-order chi connectivity index (χ1) is 11.4. The van der Waals surface area contributed by atoms with Crippen LogP contribution in [0.4, 0.5) is 11.4 Å². The minimum absolute atomic E-state index is 0.0223. The van der Waals surface area contributed by atoms with Gasteiger partial charge in [0.15, 0.2) is 6.61 Å². The number of carboxylic acid groups (broad SMARTS) is 1. The number of carbonyl (C=O) groups is 2. The molecule has 2 aromatic rings. The van der Waals surface area contributed by atoms with Gasteiger partial charge in [-0.15, -0.1) is 0 Å². The molecule has 0 aliphatic carbocycles. The number of carboxylic acids is 1. The number of fused-ring (bicyclic) bond motifs is 1. The molecule has 3 rings (SSSR count). The summed E-state index contributed by atoms with van der Waals surface area (Å²) in [6.45, 7) is -0.203. The predicted molar refractivity (Wildman–Crippen MR) is 84.8 cm³/mol. The maximum Gasteiger partial charge on any atom is 0.337 e. The number of aromatic carboxylic acids is 1. The van der Waals surface area contributed by atoms with Crippen LogP contribution in [0, 0.1) is 0 Å². The van der Waals surface area contributed by atoms with Gasteiger partial charge in [-0.05, 0) is 24.3 Å². The Bertz CT molecular complexity index is 939. The third-order valence-corrected chi connectivity index (χ3v) is 4.71. The molecule has 1 amide bonds. The predicted octanol–water partition coefficient (Wildman–Crippen LogP) is 1.52. The molecule has 1 aliphatic rings. The number of amides is 1. The molecule has 2 aromatic carbocycles. The van der Waals surface area contributed by atoms with Crippen LogP contribution < -0.4 is 14.8 Å². The van der Waals surface area contributed by atoms with Crippen LogP contribution in [0.25, 0.3) is 0 Å². The quantitative estimate of drug-likeness (QED) is 0.770. The molecular formula is C15H12N2O6S. The van der Waals surface area contributed by atoms with E-state index in [9.17, 15) is 18.0 Å². The zero-order chi connectivity index (χ0) is 17.3. The van der Waals surface area contributed by atoms with E-state index >= 15 is 0 Å². The van der Waals surface area contributed by atoms with Crippen molar-refractivity contribution in [2.75, 3.05) is 16.6 Å². The van der Waals surface area contributed by atoms with Crippen molar-refractivity contribution >= 4 is 33.3 Å². The van der Waals surface area contributed by atoms with Gasteiger partial charge in [-0.25, -0.2) is 13.2 Å². The third-order valence-electron chi connectivity index (χ3n) is 3.30. The number of benzene rings is 2. The Balaban J connectivity index is 2.04. The van der Waals surface area contributed by atoms with Crippen LogP contribution in [0.1, 0.15) is 10.4 Å². The van der Waals surface area contributed by atoms with E-state index in [-0.39, 0.29) is 34.2 Å². The summed E-state index contributed by atoms with van der Waals surface area (Å²) in [5, 5.41) is 11.6. The molecule has 3 N–H and O–H groups in total. The Labute approximate surface area is 137 Å². The van der Waals surface area contributed by atoms with Crippen LogP contribution in [-0.4, -0.2) is 32.0 Å². The number of para-hydroxylation sites is 2. The van der Waals surface area contributed by atoms with Crippen molar-refractivity contribution in [3.8, 4) is 5.75 Å². The Morgan fingerprint density at radius 2 is 1.92 bits per heavy atom. The van der Waals surface area contributed by atoms with Gasteiger partial charge in [0.25, 0.3) is 15.9 Å². The van der Waals surface area contributed by atoms with E-state index in [4.69, 9.17) is 9.84 Å². The second kappa shape index (κ2) is 5.85. The average Bonchev–Trinajstić information content (AvgIpc) is 2.54. The van der Waals surface area contributed by atoms with E-state index in [1.54, 1.807) is 0 Å². The normalized spacial score (nSPS) is 13.4. The number of hydrogen-bond donors (Lipinski definition) is 3. The maximum absolute atomic E-state index is 12.6. The fourth-order valence-electron chi connectivity index (χ4n) is 2.26. The van der Waals surface area contributed by atoms with E-state index in [0.29, 0.717) is 0 Å². The van der Waals surface area contributed by atoms with E-state index < -0.39 is 21.9 Å². The fraction of sp³-hybridized carbons (Fsp3) is 0.0667. The molecular weight excluding hydrogens is 336 g/mol. The lowest BCUT2D eigenvalue weighted by Gasteiger charge is -2.21. The smallest absolute Gasteiger partial charge is 0.337 e. The van der Waals surface area contributed by atoms with Crippen molar-refractivity contribution in [2.24, 2.45) is 0 Å². The molecule has 0 unspecified atom stereocenters. The molecule has 0 atom stereocenters. The van der Waals surface area contributed by atoms with Crippen molar-refractivity contribution < 1.29 is 27.9 Å². The van der Waals surface area contributed by atoms with Crippen LogP contribution in [0.2, 0.25) is 0 Å². The first kappa shape index (κ1) is 15.8. The lowest BCUT2D eigenvalue weighted by atomic mass is 10.2. The second-order valence-electron chi connectivity index (χ2n) is 4.92. The van der Waals surface area contributed by atoms with Gasteiger partial charge in [0.2, 0.25) is 0 Å². The average molecular weight is 348 g/mol. The summed E-state index contributed by atoms with van der Waals surface area (Å²) in [6.07, 6.45) is 0. The zero-order valence-corrected chi connectivity index (χ0v) is 13.0. The van der Waals surface area contributed by atoms with E-state index in [1.165, 1.54) is 42.5 Å². The number of anilines is 2. The van der Waals surface area contributed by atoms with Gasteiger partial charge in [-0.1, -0.05) is 18.2 Å². The van der Waals surface area contributed by atoms with Gasteiger partial charge in [-0.3, -0.25) is 9.52 Å². The van der Waals surface area contributed by atoms with Gasteiger partial charge in [0, 0.05) is 0 Å². The topological polar surface area (TPSA) is 122 Å². The van der Waals surface area contributed by atoms with Crippen LogP contribution in [0.3, 0.4) is 0 Å². The largest absolute Gasteiger partial charge is 0.482 e. The second-order valence-corrected chi connectivity index (χ2v) is 6.57. The highest BCUT2D eigenvalue weighted by Gasteiger charge is 2.27. The molecule has 1 heterocycles. The van der Waals surface area contributed by atoms with Crippen LogP contribution in [-0.2, 0) is 14.8 Å². The van der Waals surface area contributed by atoms with Gasteiger partial charge >= 0.3 is 5.97 Å². The number of ether oxygens (including phenoxy) is 1. The highest BCUT2D eigenvalue weighted by Crippen LogP contribution is 2.35. The van der Waals surface area contributed by atoms with Gasteiger partial charge in [0.1, 0.15) is 16.3 Å². The summed E-state index contributed by atoms with van der Waals surface area (Å²) in [5.41, 5.74) is -0.245. The number of rotatable bonds is 4. The fourth-order valence-corrected chi connectivity index (χ4v) is 3.51. The van der Waals surface area contributed by atoms with Crippen molar-refractivity contribution in [1.29, 1.82) is 0 Å². The summed E-state index contributed by atoms with van der Waals surface area (Å²) in [6, 6.07) is 9.90. The standard InChI is InChI=1S/C15H12N2O6S/c18-13-8-23-11-6-3-7-12(14(11)16-13)24(21,22)17-10-5-2-1-4-9(10)15(19)20/h1-7,17H,8H2,(H,16,18)(H,19,20).